The van der Waals surface area contributed by atoms with Crippen molar-refractivity contribution in [2.45, 2.75) is 53.1 Å². The number of halogens is 1. The van der Waals surface area contributed by atoms with E-state index in [-0.39, 0.29) is 11.5 Å². The minimum Gasteiger partial charge on any atom is -0.393 e. The number of hydrogen-bond acceptors (Lipinski definition) is 1. The number of hydrogen-bond donors (Lipinski definition) is 1. The summed E-state index contributed by atoms with van der Waals surface area (Å²) in [5.41, 5.74) is 0.236. The molecule has 0 aliphatic heterocycles. The van der Waals surface area contributed by atoms with Crippen molar-refractivity contribution in [2.75, 3.05) is 5.88 Å². The lowest BCUT2D eigenvalue weighted by atomic mass is 9.79. The summed E-state index contributed by atoms with van der Waals surface area (Å²) < 4.78 is 0. The zero-order valence-electron chi connectivity index (χ0n) is 9.31. The quantitative estimate of drug-likeness (QED) is 0.661. The van der Waals surface area contributed by atoms with Gasteiger partial charge < -0.3 is 5.11 Å². The number of alkyl halides is 1. The third kappa shape index (κ3) is 7.33. The Balaban J connectivity index is 3.85. The second-order valence-electron chi connectivity index (χ2n) is 5.10. The van der Waals surface area contributed by atoms with Gasteiger partial charge in [0.05, 0.1) is 6.10 Å². The van der Waals surface area contributed by atoms with Gasteiger partial charge in [0, 0.05) is 5.88 Å². The molecule has 0 bridgehead atoms. The third-order valence-corrected chi connectivity index (χ3v) is 2.41. The van der Waals surface area contributed by atoms with Crippen LogP contribution in [0.5, 0.6) is 0 Å². The monoisotopic (exact) mass is 206 g/mol. The van der Waals surface area contributed by atoms with E-state index in [9.17, 15) is 5.11 Å². The Bertz CT molecular complexity index is 132. The lowest BCUT2D eigenvalue weighted by molar-refractivity contribution is 0.1000. The van der Waals surface area contributed by atoms with Gasteiger partial charge in [0.25, 0.3) is 0 Å². The topological polar surface area (TPSA) is 20.2 Å². The third-order valence-electron chi connectivity index (χ3n) is 2.19. The van der Waals surface area contributed by atoms with E-state index in [2.05, 4.69) is 27.7 Å². The normalized spacial score (nSPS) is 15.0. The van der Waals surface area contributed by atoms with Crippen LogP contribution in [0.25, 0.3) is 0 Å². The van der Waals surface area contributed by atoms with E-state index in [1.165, 1.54) is 0 Å². The lowest BCUT2D eigenvalue weighted by Crippen LogP contribution is -2.22. The molecule has 0 rings (SSSR count). The van der Waals surface area contributed by atoms with Crippen molar-refractivity contribution in [3.05, 3.63) is 0 Å². The summed E-state index contributed by atoms with van der Waals surface area (Å²) in [5, 5.41) is 9.61. The summed E-state index contributed by atoms with van der Waals surface area (Å²) in [6.07, 6.45) is 2.50. The molecule has 1 N–H and O–H groups in total. The minimum absolute atomic E-state index is 0.230. The molecule has 1 atom stereocenters. The maximum absolute atomic E-state index is 9.61. The van der Waals surface area contributed by atoms with Crippen molar-refractivity contribution < 1.29 is 5.11 Å². The van der Waals surface area contributed by atoms with Crippen LogP contribution in [-0.4, -0.2) is 17.1 Å². The highest BCUT2D eigenvalue weighted by molar-refractivity contribution is 6.17. The molecule has 0 aromatic carbocycles. The number of aliphatic hydroxyl groups is 1. The Hall–Kier alpha value is 0.250. The highest BCUT2D eigenvalue weighted by Gasteiger charge is 2.22. The van der Waals surface area contributed by atoms with Gasteiger partial charge in [-0.25, -0.2) is 0 Å². The van der Waals surface area contributed by atoms with Crippen molar-refractivity contribution in [3.63, 3.8) is 0 Å². The summed E-state index contributed by atoms with van der Waals surface area (Å²) in [4.78, 5) is 0. The Morgan fingerprint density at radius 1 is 1.23 bits per heavy atom. The molecule has 13 heavy (non-hydrogen) atoms. The van der Waals surface area contributed by atoms with E-state index in [4.69, 9.17) is 11.6 Å². The second-order valence-corrected chi connectivity index (χ2v) is 5.48. The first-order valence-corrected chi connectivity index (χ1v) is 5.65. The van der Waals surface area contributed by atoms with E-state index in [0.29, 0.717) is 18.2 Å². The van der Waals surface area contributed by atoms with Crippen molar-refractivity contribution in [2.24, 2.45) is 11.3 Å². The molecular weight excluding hydrogens is 184 g/mol. The van der Waals surface area contributed by atoms with Crippen LogP contribution < -0.4 is 0 Å². The lowest BCUT2D eigenvalue weighted by Gasteiger charge is -2.28. The Labute approximate surface area is 87.5 Å². The smallest absolute Gasteiger partial charge is 0.0556 e. The maximum atomic E-state index is 9.61. The van der Waals surface area contributed by atoms with E-state index >= 15 is 0 Å². The molecule has 1 nitrogen and oxygen atoms in total. The molecule has 0 saturated heterocycles. The zero-order valence-corrected chi connectivity index (χ0v) is 10.1. The molecule has 1 unspecified atom stereocenters. The van der Waals surface area contributed by atoms with Crippen molar-refractivity contribution >= 4 is 11.6 Å². The van der Waals surface area contributed by atoms with Gasteiger partial charge in [0.2, 0.25) is 0 Å². The van der Waals surface area contributed by atoms with Gasteiger partial charge in [-0.1, -0.05) is 27.7 Å². The molecule has 0 amide bonds. The number of rotatable bonds is 6. The molecule has 0 spiro atoms. The van der Waals surface area contributed by atoms with Gasteiger partial charge >= 0.3 is 0 Å². The molecule has 0 radical (unpaired) electrons. The molecule has 0 fully saturated rings. The molecule has 0 saturated carbocycles. The molecule has 0 aliphatic rings. The molecule has 2 heteroatoms. The summed E-state index contributed by atoms with van der Waals surface area (Å²) >= 11 is 5.57. The van der Waals surface area contributed by atoms with Gasteiger partial charge in [0.1, 0.15) is 0 Å². The van der Waals surface area contributed by atoms with E-state index in [1.807, 2.05) is 0 Å². The van der Waals surface area contributed by atoms with Gasteiger partial charge in [0.15, 0.2) is 0 Å². The predicted molar refractivity (Wildman–Crippen MR) is 59.2 cm³/mol. The van der Waals surface area contributed by atoms with Gasteiger partial charge in [-0.15, -0.1) is 11.6 Å². The molecule has 0 aromatic heterocycles. The first kappa shape index (κ1) is 13.2. The van der Waals surface area contributed by atoms with Crippen LogP contribution in [0.2, 0.25) is 0 Å². The summed E-state index contributed by atoms with van der Waals surface area (Å²) in [6.45, 7) is 8.86. The van der Waals surface area contributed by atoms with Gasteiger partial charge in [-0.3, -0.25) is 0 Å². The highest BCUT2D eigenvalue weighted by Crippen LogP contribution is 2.31. The van der Waals surface area contributed by atoms with Crippen LogP contribution in [0.4, 0.5) is 0 Å². The maximum Gasteiger partial charge on any atom is 0.0556 e. The SMILES string of the molecule is CC(C)CC(C)(C)CC(O)CCCl. The van der Waals surface area contributed by atoms with Gasteiger partial charge in [-0.05, 0) is 30.6 Å². The largest absolute Gasteiger partial charge is 0.393 e. The Kier molecular flexibility index (Phi) is 5.98. The van der Waals surface area contributed by atoms with Crippen LogP contribution >= 0.6 is 11.6 Å². The predicted octanol–water partition coefficient (Wildman–Crippen LogP) is 3.44. The molecule has 80 valence electrons. The fourth-order valence-corrected chi connectivity index (χ4v) is 2.31. The van der Waals surface area contributed by atoms with Gasteiger partial charge in [-0.2, -0.15) is 0 Å². The molecule has 0 heterocycles. The van der Waals surface area contributed by atoms with Crippen LogP contribution in [0.3, 0.4) is 0 Å². The van der Waals surface area contributed by atoms with E-state index in [1.54, 1.807) is 0 Å². The first-order valence-electron chi connectivity index (χ1n) is 5.11. The van der Waals surface area contributed by atoms with Crippen LogP contribution in [0.15, 0.2) is 0 Å². The van der Waals surface area contributed by atoms with E-state index < -0.39 is 0 Å². The zero-order chi connectivity index (χ0) is 10.5. The Morgan fingerprint density at radius 3 is 2.15 bits per heavy atom. The summed E-state index contributed by atoms with van der Waals surface area (Å²) in [6, 6.07) is 0. The first-order chi connectivity index (χ1) is 5.87. The van der Waals surface area contributed by atoms with Crippen LogP contribution in [0, 0.1) is 11.3 Å². The highest BCUT2D eigenvalue weighted by atomic mass is 35.5. The summed E-state index contributed by atoms with van der Waals surface area (Å²) in [7, 11) is 0. The summed E-state index contributed by atoms with van der Waals surface area (Å²) in [5.74, 6) is 1.25. The van der Waals surface area contributed by atoms with E-state index in [0.717, 1.165) is 12.8 Å². The minimum atomic E-state index is -0.230. The fraction of sp³-hybridized carbons (Fsp3) is 1.00. The molecule has 0 aliphatic carbocycles. The van der Waals surface area contributed by atoms with Crippen molar-refractivity contribution in [3.8, 4) is 0 Å². The standard InChI is InChI=1S/C11H23ClO/c1-9(2)7-11(3,4)8-10(13)5-6-12/h9-10,13H,5-8H2,1-4H3. The fourth-order valence-electron chi connectivity index (χ4n) is 2.05. The average molecular weight is 207 g/mol. The van der Waals surface area contributed by atoms with Crippen LogP contribution in [0.1, 0.15) is 47.0 Å². The van der Waals surface area contributed by atoms with Crippen LogP contribution in [-0.2, 0) is 0 Å². The molecular formula is C11H23ClO. The Morgan fingerprint density at radius 2 is 1.77 bits per heavy atom. The average Bonchev–Trinajstić information content (AvgIpc) is 1.81. The second kappa shape index (κ2) is 5.87. The molecule has 0 aromatic rings. The van der Waals surface area contributed by atoms with Crippen molar-refractivity contribution in [1.29, 1.82) is 0 Å². The number of aliphatic hydroxyl groups excluding tert-OH is 1. The van der Waals surface area contributed by atoms with Crippen molar-refractivity contribution in [1.82, 2.24) is 0 Å².